The largest absolute Gasteiger partial charge is 0.383 e. The molecule has 0 radical (unpaired) electrons. The van der Waals surface area contributed by atoms with Gasteiger partial charge in [0.15, 0.2) is 5.82 Å². The molecule has 7 heteroatoms. The van der Waals surface area contributed by atoms with Gasteiger partial charge in [-0.3, -0.25) is 0 Å². The molecule has 1 saturated heterocycles. The van der Waals surface area contributed by atoms with E-state index in [9.17, 15) is 4.39 Å². The predicted octanol–water partition coefficient (Wildman–Crippen LogP) is 2.41. The fraction of sp³-hybridized carbons (Fsp3) is 0.235. The monoisotopic (exact) mass is 325 g/mol. The van der Waals surface area contributed by atoms with Gasteiger partial charge in [0, 0.05) is 23.5 Å². The number of alkyl halides is 1. The van der Waals surface area contributed by atoms with E-state index in [1.807, 2.05) is 37.3 Å². The highest BCUT2D eigenvalue weighted by atomic mass is 19.1. The second-order valence-corrected chi connectivity index (χ2v) is 5.86. The number of halogens is 1. The molecule has 3 heterocycles. The third kappa shape index (κ3) is 2.25. The summed E-state index contributed by atoms with van der Waals surface area (Å²) in [7, 11) is 0. The summed E-state index contributed by atoms with van der Waals surface area (Å²) in [5.74, 6) is 0.695. The predicted molar refractivity (Wildman–Crippen MR) is 87.3 cm³/mol. The van der Waals surface area contributed by atoms with Gasteiger partial charge >= 0.3 is 0 Å². The van der Waals surface area contributed by atoms with Crippen LogP contribution in [-0.2, 0) is 10.4 Å². The summed E-state index contributed by atoms with van der Waals surface area (Å²) >= 11 is 0. The molecule has 0 spiro atoms. The molecule has 122 valence electrons. The number of benzene rings is 1. The van der Waals surface area contributed by atoms with Crippen molar-refractivity contribution in [2.45, 2.75) is 12.6 Å². The summed E-state index contributed by atoms with van der Waals surface area (Å²) in [6, 6.07) is 9.63. The Labute approximate surface area is 138 Å². The molecule has 0 unspecified atom stereocenters. The van der Waals surface area contributed by atoms with E-state index in [0.717, 1.165) is 11.3 Å². The van der Waals surface area contributed by atoms with Crippen molar-refractivity contribution in [3.63, 3.8) is 0 Å². The van der Waals surface area contributed by atoms with Crippen LogP contribution in [0.25, 0.3) is 16.9 Å². The number of anilines is 1. The third-order valence-electron chi connectivity index (χ3n) is 4.16. The number of rotatable bonds is 3. The highest BCUT2D eigenvalue weighted by Gasteiger charge is 2.43. The number of hydrogen-bond acceptors (Lipinski definition) is 5. The van der Waals surface area contributed by atoms with Gasteiger partial charge in [0.2, 0.25) is 5.67 Å². The molecule has 0 saturated carbocycles. The first kappa shape index (κ1) is 14.8. The van der Waals surface area contributed by atoms with Crippen LogP contribution >= 0.6 is 0 Å². The average molecular weight is 325 g/mol. The van der Waals surface area contributed by atoms with Gasteiger partial charge in [-0.1, -0.05) is 18.2 Å². The molecule has 1 aromatic carbocycles. The summed E-state index contributed by atoms with van der Waals surface area (Å²) in [5, 5.41) is 4.57. The summed E-state index contributed by atoms with van der Waals surface area (Å²) < 4.78 is 20.8. The van der Waals surface area contributed by atoms with Crippen molar-refractivity contribution in [3.8, 4) is 16.9 Å². The fourth-order valence-corrected chi connectivity index (χ4v) is 2.64. The Kier molecular flexibility index (Phi) is 3.31. The van der Waals surface area contributed by atoms with Gasteiger partial charge in [-0.25, -0.2) is 19.0 Å². The van der Waals surface area contributed by atoms with E-state index in [4.69, 9.17) is 10.5 Å². The Morgan fingerprint density at radius 1 is 1.17 bits per heavy atom. The number of nitrogens with zero attached hydrogens (tertiary/aromatic N) is 4. The number of nitrogens with two attached hydrogens (primary N) is 1. The number of aromatic nitrogens is 4. The molecule has 6 nitrogen and oxygen atoms in total. The minimum absolute atomic E-state index is 0.000949. The second kappa shape index (κ2) is 5.38. The number of para-hydroxylation sites is 1. The lowest BCUT2D eigenvalue weighted by Crippen LogP contribution is -2.43. The number of nitrogen functional groups attached to an aromatic ring is 1. The van der Waals surface area contributed by atoms with Crippen molar-refractivity contribution in [2.75, 3.05) is 18.9 Å². The zero-order chi connectivity index (χ0) is 16.7. The van der Waals surface area contributed by atoms with Crippen molar-refractivity contribution in [2.24, 2.45) is 0 Å². The topological polar surface area (TPSA) is 78.9 Å². The summed E-state index contributed by atoms with van der Waals surface area (Å²) in [6.07, 6.45) is 3.15. The quantitative estimate of drug-likeness (QED) is 0.800. The minimum Gasteiger partial charge on any atom is -0.383 e. The Balaban J connectivity index is 1.72. The SMILES string of the molecule is Cc1c(-c2cnc(C3(F)COC3)nc2)nn(-c2ccccc2)c1N. The highest BCUT2D eigenvalue weighted by molar-refractivity contribution is 5.68. The van der Waals surface area contributed by atoms with E-state index in [0.29, 0.717) is 17.1 Å². The standard InChI is InChI=1S/C17H16FN5O/c1-11-14(22-23(15(11)19)13-5-3-2-4-6-13)12-7-20-16(21-8-12)17(18)9-24-10-17/h2-8H,9-10,19H2,1H3. The Bertz CT molecular complexity index is 872. The van der Waals surface area contributed by atoms with Crippen LogP contribution in [0.15, 0.2) is 42.7 Å². The molecule has 1 aliphatic heterocycles. The van der Waals surface area contributed by atoms with Gasteiger partial charge in [-0.15, -0.1) is 0 Å². The van der Waals surface area contributed by atoms with Crippen LogP contribution in [0, 0.1) is 6.92 Å². The van der Waals surface area contributed by atoms with Crippen molar-refractivity contribution in [1.29, 1.82) is 0 Å². The van der Waals surface area contributed by atoms with Crippen molar-refractivity contribution in [1.82, 2.24) is 19.7 Å². The van der Waals surface area contributed by atoms with Crippen LogP contribution in [0.4, 0.5) is 10.2 Å². The van der Waals surface area contributed by atoms with Gasteiger partial charge in [0.25, 0.3) is 0 Å². The average Bonchev–Trinajstić information content (AvgIpc) is 2.89. The van der Waals surface area contributed by atoms with Crippen LogP contribution in [0.1, 0.15) is 11.4 Å². The van der Waals surface area contributed by atoms with E-state index < -0.39 is 5.67 Å². The highest BCUT2D eigenvalue weighted by Crippen LogP contribution is 2.32. The molecule has 2 aromatic heterocycles. The Hall–Kier alpha value is -2.80. The van der Waals surface area contributed by atoms with Gasteiger partial charge in [-0.05, 0) is 19.1 Å². The molecule has 0 bridgehead atoms. The zero-order valence-corrected chi connectivity index (χ0v) is 13.1. The molecule has 4 rings (SSSR count). The van der Waals surface area contributed by atoms with Crippen LogP contribution in [-0.4, -0.2) is 33.0 Å². The van der Waals surface area contributed by atoms with Gasteiger partial charge in [-0.2, -0.15) is 5.10 Å². The lowest BCUT2D eigenvalue weighted by atomic mass is 10.0. The van der Waals surface area contributed by atoms with E-state index >= 15 is 0 Å². The van der Waals surface area contributed by atoms with Crippen LogP contribution in [0.5, 0.6) is 0 Å². The molecule has 1 fully saturated rings. The molecular weight excluding hydrogens is 309 g/mol. The summed E-state index contributed by atoms with van der Waals surface area (Å²) in [4.78, 5) is 8.29. The molecule has 2 N–H and O–H groups in total. The number of ether oxygens (including phenoxy) is 1. The maximum absolute atomic E-state index is 14.3. The smallest absolute Gasteiger partial charge is 0.215 e. The molecule has 1 aliphatic rings. The molecule has 3 aromatic rings. The summed E-state index contributed by atoms with van der Waals surface area (Å²) in [6.45, 7) is 1.89. The maximum Gasteiger partial charge on any atom is 0.215 e. The molecular formula is C17H16FN5O. The third-order valence-corrected chi connectivity index (χ3v) is 4.16. The number of hydrogen-bond donors (Lipinski definition) is 1. The van der Waals surface area contributed by atoms with E-state index in [2.05, 4.69) is 15.1 Å². The molecule has 0 atom stereocenters. The lowest BCUT2D eigenvalue weighted by Gasteiger charge is -2.31. The Morgan fingerprint density at radius 3 is 2.42 bits per heavy atom. The first-order valence-corrected chi connectivity index (χ1v) is 7.58. The lowest BCUT2D eigenvalue weighted by molar-refractivity contribution is -0.140. The van der Waals surface area contributed by atoms with Crippen molar-refractivity contribution >= 4 is 5.82 Å². The first-order valence-electron chi connectivity index (χ1n) is 7.58. The van der Waals surface area contributed by atoms with Crippen molar-refractivity contribution < 1.29 is 9.13 Å². The van der Waals surface area contributed by atoms with Gasteiger partial charge in [0.1, 0.15) is 11.5 Å². The molecule has 0 aliphatic carbocycles. The van der Waals surface area contributed by atoms with Gasteiger partial charge < -0.3 is 10.5 Å². The zero-order valence-electron chi connectivity index (χ0n) is 13.1. The Morgan fingerprint density at radius 2 is 1.83 bits per heavy atom. The normalized spacial score (nSPS) is 15.9. The van der Waals surface area contributed by atoms with Crippen molar-refractivity contribution in [3.05, 3.63) is 54.1 Å². The first-order chi connectivity index (χ1) is 11.6. The molecule has 0 amide bonds. The van der Waals surface area contributed by atoms with Crippen LogP contribution < -0.4 is 5.73 Å². The summed E-state index contributed by atoms with van der Waals surface area (Å²) in [5.41, 5.74) is 7.69. The van der Waals surface area contributed by atoms with Gasteiger partial charge in [0.05, 0.1) is 18.9 Å². The second-order valence-electron chi connectivity index (χ2n) is 5.86. The fourth-order valence-electron chi connectivity index (χ4n) is 2.64. The van der Waals surface area contributed by atoms with Crippen LogP contribution in [0.2, 0.25) is 0 Å². The molecule has 24 heavy (non-hydrogen) atoms. The minimum atomic E-state index is -1.57. The van der Waals surface area contributed by atoms with E-state index in [1.54, 1.807) is 17.1 Å². The van der Waals surface area contributed by atoms with Crippen LogP contribution in [0.3, 0.4) is 0 Å². The maximum atomic E-state index is 14.3. The van der Waals surface area contributed by atoms with E-state index in [1.165, 1.54) is 0 Å². The van der Waals surface area contributed by atoms with E-state index in [-0.39, 0.29) is 19.0 Å².